The van der Waals surface area contributed by atoms with E-state index in [9.17, 15) is 9.18 Å². The predicted octanol–water partition coefficient (Wildman–Crippen LogP) is 2.73. The monoisotopic (exact) mass is 346 g/mol. The molecule has 25 heavy (non-hydrogen) atoms. The molecule has 1 N–H and O–H groups in total. The summed E-state index contributed by atoms with van der Waals surface area (Å²) in [5.41, 5.74) is 0.524. The van der Waals surface area contributed by atoms with Gasteiger partial charge in [-0.2, -0.15) is 5.10 Å². The highest BCUT2D eigenvalue weighted by Gasteiger charge is 2.21. The van der Waals surface area contributed by atoms with E-state index in [4.69, 9.17) is 4.74 Å². The normalized spacial score (nSPS) is 20.4. The molecule has 2 aromatic rings. The first-order valence-corrected chi connectivity index (χ1v) is 8.69. The standard InChI is InChI=1S/C18H23FN4O2/c1-13-4-2-3-5-17(13)25-9-8-21-18(24)14-6-7-16(15(19)10-14)23-12-20-11-22-23/h6-7,10-13,17H,2-5,8-9H2,1H3,(H,21,24). The summed E-state index contributed by atoms with van der Waals surface area (Å²) in [6.07, 6.45) is 7.78. The first kappa shape index (κ1) is 17.5. The third kappa shape index (κ3) is 4.42. The number of hydrogen-bond donors (Lipinski definition) is 1. The number of nitrogens with one attached hydrogen (secondary N) is 1. The van der Waals surface area contributed by atoms with Gasteiger partial charge in [0, 0.05) is 12.1 Å². The Hall–Kier alpha value is -2.28. The summed E-state index contributed by atoms with van der Waals surface area (Å²) in [5, 5.41) is 6.65. The lowest BCUT2D eigenvalue weighted by atomic mass is 9.88. The zero-order chi connectivity index (χ0) is 17.6. The number of rotatable bonds is 6. The van der Waals surface area contributed by atoms with Gasteiger partial charge >= 0.3 is 0 Å². The van der Waals surface area contributed by atoms with E-state index in [1.165, 1.54) is 48.7 Å². The number of halogens is 1. The maximum absolute atomic E-state index is 14.2. The minimum Gasteiger partial charge on any atom is -0.376 e. The Labute approximate surface area is 146 Å². The van der Waals surface area contributed by atoms with Gasteiger partial charge in [-0.05, 0) is 37.0 Å². The van der Waals surface area contributed by atoms with Crippen LogP contribution in [0.5, 0.6) is 0 Å². The van der Waals surface area contributed by atoms with Crippen LogP contribution in [-0.2, 0) is 4.74 Å². The maximum Gasteiger partial charge on any atom is 0.251 e. The van der Waals surface area contributed by atoms with Crippen LogP contribution in [0.15, 0.2) is 30.9 Å². The molecule has 2 unspecified atom stereocenters. The molecule has 1 fully saturated rings. The maximum atomic E-state index is 14.2. The lowest BCUT2D eigenvalue weighted by Crippen LogP contribution is -2.31. The van der Waals surface area contributed by atoms with E-state index in [0.717, 1.165) is 6.42 Å². The van der Waals surface area contributed by atoms with Gasteiger partial charge in [-0.1, -0.05) is 19.8 Å². The van der Waals surface area contributed by atoms with E-state index < -0.39 is 5.82 Å². The third-order valence-corrected chi connectivity index (χ3v) is 4.63. The first-order valence-electron chi connectivity index (χ1n) is 8.69. The highest BCUT2D eigenvalue weighted by atomic mass is 19.1. The molecule has 1 heterocycles. The van der Waals surface area contributed by atoms with Gasteiger partial charge in [0.25, 0.3) is 5.91 Å². The van der Waals surface area contributed by atoms with Gasteiger partial charge in [0.2, 0.25) is 0 Å². The van der Waals surface area contributed by atoms with E-state index in [1.807, 2.05) is 0 Å². The lowest BCUT2D eigenvalue weighted by molar-refractivity contribution is -0.00293. The van der Waals surface area contributed by atoms with Crippen molar-refractivity contribution in [2.45, 2.75) is 38.7 Å². The molecule has 1 saturated carbocycles. The number of carbonyl (C=O) groups excluding carboxylic acids is 1. The molecule has 1 aliphatic carbocycles. The van der Waals surface area contributed by atoms with Crippen LogP contribution in [0.25, 0.3) is 5.69 Å². The number of ether oxygens (including phenoxy) is 1. The number of nitrogens with zero attached hydrogens (tertiary/aromatic N) is 3. The molecule has 2 atom stereocenters. The average Bonchev–Trinajstić information content (AvgIpc) is 3.14. The Morgan fingerprint density at radius 2 is 2.24 bits per heavy atom. The Morgan fingerprint density at radius 3 is 2.96 bits per heavy atom. The van der Waals surface area contributed by atoms with Gasteiger partial charge in [0.15, 0.2) is 0 Å². The Morgan fingerprint density at radius 1 is 1.40 bits per heavy atom. The van der Waals surface area contributed by atoms with Crippen molar-refractivity contribution in [1.29, 1.82) is 0 Å². The molecule has 0 bridgehead atoms. The molecule has 6 nitrogen and oxygen atoms in total. The number of carbonyl (C=O) groups is 1. The lowest BCUT2D eigenvalue weighted by Gasteiger charge is -2.28. The Bertz CT molecular complexity index is 705. The van der Waals surface area contributed by atoms with E-state index in [-0.39, 0.29) is 23.3 Å². The fraction of sp³-hybridized carbons (Fsp3) is 0.500. The van der Waals surface area contributed by atoms with Crippen molar-refractivity contribution in [3.05, 3.63) is 42.2 Å². The molecule has 7 heteroatoms. The topological polar surface area (TPSA) is 69.0 Å². The molecule has 3 rings (SSSR count). The summed E-state index contributed by atoms with van der Waals surface area (Å²) in [4.78, 5) is 15.9. The fourth-order valence-corrected chi connectivity index (χ4v) is 3.17. The van der Waals surface area contributed by atoms with Crippen LogP contribution in [0.4, 0.5) is 4.39 Å². The zero-order valence-corrected chi connectivity index (χ0v) is 14.3. The highest BCUT2D eigenvalue weighted by Crippen LogP contribution is 2.26. The van der Waals surface area contributed by atoms with Crippen molar-refractivity contribution in [2.75, 3.05) is 13.2 Å². The molecule has 0 saturated heterocycles. The molecule has 1 aromatic carbocycles. The van der Waals surface area contributed by atoms with Crippen molar-refractivity contribution < 1.29 is 13.9 Å². The van der Waals surface area contributed by atoms with E-state index in [2.05, 4.69) is 22.3 Å². The Kier molecular flexibility index (Phi) is 5.75. The van der Waals surface area contributed by atoms with Crippen LogP contribution in [0, 0.1) is 11.7 Å². The second-order valence-electron chi connectivity index (χ2n) is 6.43. The molecular weight excluding hydrogens is 323 g/mol. The SMILES string of the molecule is CC1CCCCC1OCCNC(=O)c1ccc(-n2cncn2)c(F)c1. The van der Waals surface area contributed by atoms with Crippen LogP contribution in [-0.4, -0.2) is 39.9 Å². The van der Waals surface area contributed by atoms with Crippen molar-refractivity contribution in [1.82, 2.24) is 20.1 Å². The van der Waals surface area contributed by atoms with Crippen molar-refractivity contribution in [3.8, 4) is 5.69 Å². The van der Waals surface area contributed by atoms with Crippen LogP contribution < -0.4 is 5.32 Å². The van der Waals surface area contributed by atoms with Crippen LogP contribution in [0.1, 0.15) is 43.0 Å². The molecule has 134 valence electrons. The first-order chi connectivity index (χ1) is 12.1. The largest absolute Gasteiger partial charge is 0.376 e. The molecule has 0 aliphatic heterocycles. The smallest absolute Gasteiger partial charge is 0.251 e. The highest BCUT2D eigenvalue weighted by molar-refractivity contribution is 5.94. The summed E-state index contributed by atoms with van der Waals surface area (Å²) in [6, 6.07) is 4.29. The van der Waals surface area contributed by atoms with Crippen molar-refractivity contribution >= 4 is 5.91 Å². The predicted molar refractivity (Wildman–Crippen MR) is 91.0 cm³/mol. The Balaban J connectivity index is 1.49. The van der Waals surface area contributed by atoms with E-state index in [0.29, 0.717) is 19.1 Å². The number of hydrogen-bond acceptors (Lipinski definition) is 4. The number of benzene rings is 1. The van der Waals surface area contributed by atoms with Gasteiger partial charge in [0.05, 0.1) is 12.7 Å². The van der Waals surface area contributed by atoms with Gasteiger partial charge in [0.1, 0.15) is 24.2 Å². The summed E-state index contributed by atoms with van der Waals surface area (Å²) in [6.45, 7) is 3.09. The number of aromatic nitrogens is 3. The second kappa shape index (κ2) is 8.20. The average molecular weight is 346 g/mol. The quantitative estimate of drug-likeness (QED) is 0.817. The van der Waals surface area contributed by atoms with Crippen LogP contribution in [0.2, 0.25) is 0 Å². The summed E-state index contributed by atoms with van der Waals surface area (Å²) >= 11 is 0. The zero-order valence-electron chi connectivity index (χ0n) is 14.3. The van der Waals surface area contributed by atoms with Crippen molar-refractivity contribution in [3.63, 3.8) is 0 Å². The minimum absolute atomic E-state index is 0.253. The fourth-order valence-electron chi connectivity index (χ4n) is 3.17. The molecule has 0 spiro atoms. The second-order valence-corrected chi connectivity index (χ2v) is 6.43. The summed E-state index contributed by atoms with van der Waals surface area (Å²) in [7, 11) is 0. The molecule has 1 amide bonds. The molecule has 0 radical (unpaired) electrons. The molecule has 1 aliphatic rings. The summed E-state index contributed by atoms with van der Waals surface area (Å²) in [5.74, 6) is -0.266. The minimum atomic E-state index is -0.523. The van der Waals surface area contributed by atoms with Gasteiger partial charge < -0.3 is 10.1 Å². The summed E-state index contributed by atoms with van der Waals surface area (Å²) < 4.78 is 21.3. The molecular formula is C18H23FN4O2. The van der Waals surface area contributed by atoms with Gasteiger partial charge in [-0.3, -0.25) is 4.79 Å². The van der Waals surface area contributed by atoms with E-state index >= 15 is 0 Å². The van der Waals surface area contributed by atoms with Gasteiger partial charge in [-0.15, -0.1) is 0 Å². The number of amides is 1. The third-order valence-electron chi connectivity index (χ3n) is 4.63. The van der Waals surface area contributed by atoms with Gasteiger partial charge in [-0.25, -0.2) is 14.1 Å². The molecule has 1 aromatic heterocycles. The van der Waals surface area contributed by atoms with E-state index in [1.54, 1.807) is 6.07 Å². The van der Waals surface area contributed by atoms with Crippen molar-refractivity contribution in [2.24, 2.45) is 5.92 Å². The van der Waals surface area contributed by atoms with Crippen LogP contribution >= 0.6 is 0 Å². The van der Waals surface area contributed by atoms with Crippen LogP contribution in [0.3, 0.4) is 0 Å².